The summed E-state index contributed by atoms with van der Waals surface area (Å²) < 4.78 is 1.13. The first-order valence-electron chi connectivity index (χ1n) is 6.80. The molecule has 0 fully saturated rings. The van der Waals surface area contributed by atoms with Crippen LogP contribution in [0.3, 0.4) is 0 Å². The number of nitrogens with zero attached hydrogens (tertiary/aromatic N) is 1. The third-order valence-electron chi connectivity index (χ3n) is 3.60. The van der Waals surface area contributed by atoms with Gasteiger partial charge in [0.1, 0.15) is 0 Å². The molecule has 0 bridgehead atoms. The van der Waals surface area contributed by atoms with E-state index >= 15 is 0 Å². The van der Waals surface area contributed by atoms with Gasteiger partial charge in [-0.1, -0.05) is 63.9 Å². The Morgan fingerprint density at radius 2 is 2.00 bits per heavy atom. The normalized spacial score (nSPS) is 13.7. The molecule has 104 valence electrons. The summed E-state index contributed by atoms with van der Waals surface area (Å²) >= 11 is 9.90. The van der Waals surface area contributed by atoms with Crippen LogP contribution in [-0.4, -0.2) is 13.4 Å². The molecule has 21 heavy (non-hydrogen) atoms. The Kier molecular flexibility index (Phi) is 4.23. The van der Waals surface area contributed by atoms with E-state index in [0.29, 0.717) is 0 Å². The first-order valence-corrected chi connectivity index (χ1v) is 7.97. The van der Waals surface area contributed by atoms with Crippen LogP contribution in [0, 0.1) is 0 Å². The Labute approximate surface area is 139 Å². The summed E-state index contributed by atoms with van der Waals surface area (Å²) in [6.07, 6.45) is 4.11. The fourth-order valence-electron chi connectivity index (χ4n) is 2.75. The molecule has 4 heteroatoms. The lowest BCUT2D eigenvalue weighted by Gasteiger charge is -2.35. The summed E-state index contributed by atoms with van der Waals surface area (Å²) in [6.45, 7) is 4.79. The summed E-state index contributed by atoms with van der Waals surface area (Å²) in [4.78, 5) is 2.33. The second-order valence-electron chi connectivity index (χ2n) is 4.99. The average Bonchev–Trinajstić information content (AvgIpc) is 2.47. The topological polar surface area (TPSA) is 3.24 Å². The van der Waals surface area contributed by atoms with Gasteiger partial charge in [0, 0.05) is 17.3 Å². The maximum atomic E-state index is 6.16. The molecule has 2 aromatic rings. The second kappa shape index (κ2) is 6.12. The van der Waals surface area contributed by atoms with Gasteiger partial charge >= 0.3 is 6.85 Å². The molecule has 0 N–H and O–H groups in total. The van der Waals surface area contributed by atoms with Crippen molar-refractivity contribution >= 4 is 51.6 Å². The molecule has 0 spiro atoms. The zero-order valence-corrected chi connectivity index (χ0v) is 13.8. The number of hydrogen-bond donors (Lipinski definition) is 0. The predicted molar refractivity (Wildman–Crippen MR) is 97.7 cm³/mol. The Balaban J connectivity index is 2.13. The smallest absolute Gasteiger partial charge is 0.331 e. The fraction of sp³-hybridized carbons (Fsp3) is 0.0588. The molecular formula is C17H14BBrClN. The van der Waals surface area contributed by atoms with Crippen LogP contribution in [0.2, 0.25) is 5.02 Å². The molecule has 0 saturated heterocycles. The summed E-state index contributed by atoms with van der Waals surface area (Å²) in [5, 5.41) is 0.755. The fourth-order valence-corrected chi connectivity index (χ4v) is 3.70. The number of anilines is 1. The highest BCUT2D eigenvalue weighted by molar-refractivity contribution is 9.12. The van der Waals surface area contributed by atoms with Crippen LogP contribution in [0.4, 0.5) is 5.69 Å². The van der Waals surface area contributed by atoms with Crippen molar-refractivity contribution < 1.29 is 0 Å². The van der Waals surface area contributed by atoms with Gasteiger partial charge < -0.3 is 4.81 Å². The molecule has 0 radical (unpaired) electrons. The van der Waals surface area contributed by atoms with Crippen molar-refractivity contribution in [3.05, 3.63) is 76.2 Å². The molecule has 0 atom stereocenters. The van der Waals surface area contributed by atoms with Gasteiger partial charge in [-0.05, 0) is 39.7 Å². The highest BCUT2D eigenvalue weighted by Crippen LogP contribution is 2.33. The molecule has 0 unspecified atom stereocenters. The Morgan fingerprint density at radius 3 is 2.76 bits per heavy atom. The van der Waals surface area contributed by atoms with Gasteiger partial charge in [-0.15, -0.1) is 6.58 Å². The third-order valence-corrected chi connectivity index (χ3v) is 4.50. The van der Waals surface area contributed by atoms with Crippen molar-refractivity contribution in [2.75, 3.05) is 11.4 Å². The van der Waals surface area contributed by atoms with E-state index in [1.165, 1.54) is 16.7 Å². The van der Waals surface area contributed by atoms with Gasteiger partial charge in [-0.2, -0.15) is 0 Å². The van der Waals surface area contributed by atoms with Crippen molar-refractivity contribution in [2.24, 2.45) is 0 Å². The number of para-hydroxylation sites is 1. The first kappa shape index (κ1) is 14.5. The molecule has 3 rings (SSSR count). The molecule has 1 heterocycles. The van der Waals surface area contributed by atoms with Crippen LogP contribution < -0.4 is 10.3 Å². The Morgan fingerprint density at radius 1 is 1.19 bits per heavy atom. The highest BCUT2D eigenvalue weighted by Gasteiger charge is 2.32. The molecular weight excluding hydrogens is 344 g/mol. The molecule has 0 saturated carbocycles. The monoisotopic (exact) mass is 357 g/mol. The van der Waals surface area contributed by atoms with Crippen LogP contribution in [0.5, 0.6) is 0 Å². The first-order chi connectivity index (χ1) is 10.2. The number of benzene rings is 2. The van der Waals surface area contributed by atoms with E-state index in [9.17, 15) is 0 Å². The van der Waals surface area contributed by atoms with Crippen LogP contribution in [0.1, 0.15) is 5.56 Å². The third kappa shape index (κ3) is 2.81. The average molecular weight is 358 g/mol. The minimum atomic E-state index is 0.122. The zero-order chi connectivity index (χ0) is 14.8. The van der Waals surface area contributed by atoms with Gasteiger partial charge in [0.25, 0.3) is 0 Å². The standard InChI is InChI=1S/C17H14BBrClN/c1-2-10-21-16-9-4-3-6-13(16)11-17(19)18(21)14-7-5-8-15(20)12-14/h2-9,11-12H,1,10H2. The summed E-state index contributed by atoms with van der Waals surface area (Å²) in [5.41, 5.74) is 3.59. The molecule has 1 aliphatic rings. The summed E-state index contributed by atoms with van der Waals surface area (Å²) in [6, 6.07) is 16.4. The van der Waals surface area contributed by atoms with E-state index in [-0.39, 0.29) is 6.85 Å². The predicted octanol–water partition coefficient (Wildman–Crippen LogP) is 4.52. The minimum Gasteiger partial charge on any atom is -0.403 e. The van der Waals surface area contributed by atoms with Crippen molar-refractivity contribution in [3.63, 3.8) is 0 Å². The Bertz CT molecular complexity index is 713. The van der Waals surface area contributed by atoms with E-state index in [0.717, 1.165) is 15.9 Å². The van der Waals surface area contributed by atoms with Gasteiger partial charge in [-0.3, -0.25) is 0 Å². The van der Waals surface area contributed by atoms with Crippen molar-refractivity contribution in [1.82, 2.24) is 0 Å². The maximum Gasteiger partial charge on any atom is 0.331 e. The number of hydrogen-bond acceptors (Lipinski definition) is 1. The van der Waals surface area contributed by atoms with Gasteiger partial charge in [0.15, 0.2) is 0 Å². The lowest BCUT2D eigenvalue weighted by Crippen LogP contribution is -2.51. The second-order valence-corrected chi connectivity index (χ2v) is 6.34. The van der Waals surface area contributed by atoms with Gasteiger partial charge in [0.05, 0.1) is 0 Å². The van der Waals surface area contributed by atoms with Gasteiger partial charge in [0.2, 0.25) is 0 Å². The van der Waals surface area contributed by atoms with Crippen LogP contribution >= 0.6 is 27.5 Å². The number of fused-ring (bicyclic) bond motifs is 1. The molecule has 1 nitrogen and oxygen atoms in total. The molecule has 2 aromatic carbocycles. The number of halogens is 2. The van der Waals surface area contributed by atoms with E-state index in [2.05, 4.69) is 63.7 Å². The molecule has 0 amide bonds. The van der Waals surface area contributed by atoms with Crippen molar-refractivity contribution in [3.8, 4) is 0 Å². The van der Waals surface area contributed by atoms with Crippen molar-refractivity contribution in [1.29, 1.82) is 0 Å². The SMILES string of the molecule is C=CCN1B(c2cccc(Cl)c2)C(Br)=Cc2ccccc21. The van der Waals surface area contributed by atoms with E-state index in [1.807, 2.05) is 24.3 Å². The number of rotatable bonds is 3. The molecule has 0 aliphatic carbocycles. The van der Waals surface area contributed by atoms with E-state index in [1.54, 1.807) is 0 Å². The quantitative estimate of drug-likeness (QED) is 0.576. The molecule has 1 aliphatic heterocycles. The van der Waals surface area contributed by atoms with Crippen LogP contribution in [-0.2, 0) is 0 Å². The molecule has 0 aromatic heterocycles. The van der Waals surface area contributed by atoms with Gasteiger partial charge in [-0.25, -0.2) is 0 Å². The summed E-state index contributed by atoms with van der Waals surface area (Å²) in [5.74, 6) is 0. The van der Waals surface area contributed by atoms with E-state index in [4.69, 9.17) is 11.6 Å². The zero-order valence-electron chi connectivity index (χ0n) is 11.5. The van der Waals surface area contributed by atoms with Crippen molar-refractivity contribution in [2.45, 2.75) is 0 Å². The lowest BCUT2D eigenvalue weighted by atomic mass is 9.52. The summed E-state index contributed by atoms with van der Waals surface area (Å²) in [7, 11) is 0. The van der Waals surface area contributed by atoms with Crippen LogP contribution in [0.15, 0.2) is 65.6 Å². The minimum absolute atomic E-state index is 0.122. The largest absolute Gasteiger partial charge is 0.403 e. The van der Waals surface area contributed by atoms with E-state index < -0.39 is 0 Å². The highest BCUT2D eigenvalue weighted by atomic mass is 79.9. The van der Waals surface area contributed by atoms with Crippen LogP contribution in [0.25, 0.3) is 6.08 Å². The maximum absolute atomic E-state index is 6.16. The Hall–Kier alpha value is -1.45. The lowest BCUT2D eigenvalue weighted by molar-refractivity contribution is 1.16.